The third kappa shape index (κ3) is 6.11. The second kappa shape index (κ2) is 15.4. The normalized spacial score (nSPS) is 12.5. The predicted octanol–water partition coefficient (Wildman–Crippen LogP) is 17.8. The summed E-state index contributed by atoms with van der Waals surface area (Å²) < 4.78 is 4.84. The summed E-state index contributed by atoms with van der Waals surface area (Å²) in [6, 6.07) is 85.4. The average Bonchev–Trinajstić information content (AvgIpc) is 3.94. The Hall–Kier alpha value is -8.72. The second-order valence-electron chi connectivity index (χ2n) is 18.4. The van der Waals surface area contributed by atoms with E-state index in [0.29, 0.717) is 0 Å². The van der Waals surface area contributed by atoms with Gasteiger partial charge in [-0.1, -0.05) is 170 Å². The van der Waals surface area contributed by atoms with Gasteiger partial charge in [-0.3, -0.25) is 0 Å². The van der Waals surface area contributed by atoms with E-state index in [2.05, 4.69) is 252 Å². The molecule has 11 aromatic carbocycles. The van der Waals surface area contributed by atoms with Crippen molar-refractivity contribution in [2.24, 2.45) is 0 Å². The molecule has 0 amide bonds. The lowest BCUT2D eigenvalue weighted by Crippen LogP contribution is -2.00. The van der Waals surface area contributed by atoms with Crippen LogP contribution in [0.25, 0.3) is 127 Å². The van der Waals surface area contributed by atoms with Gasteiger partial charge in [-0.15, -0.1) is 0 Å². The average molecular weight is 865 g/mol. The molecule has 1 aliphatic rings. The maximum Gasteiger partial charge on any atom is 0.0541 e. The first kappa shape index (κ1) is 38.5. The fraction of sp³-hybridized carbons (Fsp3) is 0.0303. The molecule has 0 saturated heterocycles. The molecule has 0 atom stereocenters. The Morgan fingerprint density at radius 1 is 0.265 bits per heavy atom. The summed E-state index contributed by atoms with van der Waals surface area (Å²) in [5.41, 5.74) is 18.5. The van der Waals surface area contributed by atoms with Crippen LogP contribution in [-0.4, -0.2) is 9.13 Å². The summed E-state index contributed by atoms with van der Waals surface area (Å²) in [5, 5.41) is 11.5. The van der Waals surface area contributed by atoms with Crippen molar-refractivity contribution in [3.63, 3.8) is 0 Å². The Balaban J connectivity index is 0.822. The molecular weight excluding hydrogens is 821 g/mol. The minimum absolute atomic E-state index is 1.08. The molecule has 13 aromatic rings. The highest BCUT2D eigenvalue weighted by atomic mass is 15.0. The van der Waals surface area contributed by atoms with E-state index in [0.717, 1.165) is 18.5 Å². The van der Waals surface area contributed by atoms with E-state index >= 15 is 0 Å². The molecule has 0 fully saturated rings. The van der Waals surface area contributed by atoms with Crippen LogP contribution in [0.3, 0.4) is 0 Å². The number of fused-ring (bicyclic) bond motifs is 12. The number of hydrogen-bond acceptors (Lipinski definition) is 0. The number of hydrogen-bond donors (Lipinski definition) is 0. The molecule has 2 heterocycles. The predicted molar refractivity (Wildman–Crippen MR) is 289 cm³/mol. The second-order valence-corrected chi connectivity index (χ2v) is 18.4. The number of rotatable bonds is 6. The molecule has 0 saturated carbocycles. The van der Waals surface area contributed by atoms with Gasteiger partial charge in [0.1, 0.15) is 0 Å². The van der Waals surface area contributed by atoms with E-state index in [9.17, 15) is 0 Å². The number of para-hydroxylation sites is 3. The van der Waals surface area contributed by atoms with Crippen LogP contribution in [0.1, 0.15) is 17.7 Å². The van der Waals surface area contributed by atoms with Crippen molar-refractivity contribution in [1.29, 1.82) is 0 Å². The van der Waals surface area contributed by atoms with Crippen molar-refractivity contribution in [2.75, 3.05) is 0 Å². The van der Waals surface area contributed by atoms with Crippen LogP contribution in [0.5, 0.6) is 0 Å². The number of benzene rings is 11. The largest absolute Gasteiger partial charge is 0.310 e. The van der Waals surface area contributed by atoms with Crippen LogP contribution < -0.4 is 0 Å². The smallest absolute Gasteiger partial charge is 0.0541 e. The molecule has 0 radical (unpaired) electrons. The van der Waals surface area contributed by atoms with Gasteiger partial charge in [-0.2, -0.15) is 0 Å². The van der Waals surface area contributed by atoms with Gasteiger partial charge in [0.05, 0.1) is 16.6 Å². The van der Waals surface area contributed by atoms with E-state index in [4.69, 9.17) is 0 Å². The third-order valence-corrected chi connectivity index (χ3v) is 14.5. The SMILES string of the molecule is C1=Cc2c(c3ccccc3n2-c2cccc(-c3cccc(-c4ccc5c6ccc(-c7cccc(-c8cccc(-n9c%10ccccc%10c%10ccccc%109)c8)c7)cc6c6ccccc6c5c4)c3)c2)CC1. The molecule has 2 aromatic heterocycles. The Morgan fingerprint density at radius 3 is 1.16 bits per heavy atom. The molecule has 0 bridgehead atoms. The van der Waals surface area contributed by atoms with Crippen LogP contribution in [0.4, 0.5) is 0 Å². The first-order valence-corrected chi connectivity index (χ1v) is 23.8. The summed E-state index contributed by atoms with van der Waals surface area (Å²) in [6.45, 7) is 0. The van der Waals surface area contributed by atoms with E-state index < -0.39 is 0 Å². The van der Waals surface area contributed by atoms with Crippen molar-refractivity contribution in [1.82, 2.24) is 9.13 Å². The first-order chi connectivity index (χ1) is 33.7. The molecule has 0 aliphatic heterocycles. The quantitative estimate of drug-likeness (QED) is 0.147. The van der Waals surface area contributed by atoms with E-state index in [1.54, 1.807) is 0 Å². The van der Waals surface area contributed by atoms with E-state index in [1.165, 1.54) is 126 Å². The van der Waals surface area contributed by atoms with Gasteiger partial charge in [0, 0.05) is 33.2 Å². The summed E-state index contributed by atoms with van der Waals surface area (Å²) in [5.74, 6) is 0. The van der Waals surface area contributed by atoms with Gasteiger partial charge in [-0.25, -0.2) is 0 Å². The minimum Gasteiger partial charge on any atom is -0.310 e. The zero-order valence-corrected chi connectivity index (χ0v) is 37.4. The zero-order chi connectivity index (χ0) is 44.7. The van der Waals surface area contributed by atoms with Gasteiger partial charge in [0.15, 0.2) is 0 Å². The highest BCUT2D eigenvalue weighted by Gasteiger charge is 2.19. The topological polar surface area (TPSA) is 9.86 Å². The van der Waals surface area contributed by atoms with Crippen LogP contribution >= 0.6 is 0 Å². The molecule has 2 nitrogen and oxygen atoms in total. The van der Waals surface area contributed by atoms with Crippen molar-refractivity contribution in [2.45, 2.75) is 12.8 Å². The summed E-state index contributed by atoms with van der Waals surface area (Å²) in [4.78, 5) is 0. The summed E-state index contributed by atoms with van der Waals surface area (Å²) in [6.07, 6.45) is 6.79. The van der Waals surface area contributed by atoms with Gasteiger partial charge in [-0.05, 0) is 168 Å². The molecule has 1 aliphatic carbocycles. The van der Waals surface area contributed by atoms with Crippen LogP contribution in [0.15, 0.2) is 237 Å². The summed E-state index contributed by atoms with van der Waals surface area (Å²) >= 11 is 0. The summed E-state index contributed by atoms with van der Waals surface area (Å²) in [7, 11) is 0. The van der Waals surface area contributed by atoms with Gasteiger partial charge < -0.3 is 9.13 Å². The van der Waals surface area contributed by atoms with Gasteiger partial charge >= 0.3 is 0 Å². The fourth-order valence-corrected chi connectivity index (χ4v) is 11.4. The lowest BCUT2D eigenvalue weighted by atomic mass is 9.89. The fourth-order valence-electron chi connectivity index (χ4n) is 11.4. The maximum absolute atomic E-state index is 2.44. The van der Waals surface area contributed by atoms with Crippen LogP contribution in [0.2, 0.25) is 0 Å². The molecule has 68 heavy (non-hydrogen) atoms. The Kier molecular flexibility index (Phi) is 8.75. The molecular formula is C66H44N2. The number of nitrogens with zero attached hydrogens (tertiary/aromatic N) is 2. The minimum atomic E-state index is 1.08. The molecule has 14 rings (SSSR count). The number of allylic oxidation sites excluding steroid dienone is 1. The van der Waals surface area contributed by atoms with E-state index in [-0.39, 0.29) is 0 Å². The molecule has 318 valence electrons. The zero-order valence-electron chi connectivity index (χ0n) is 37.4. The lowest BCUT2D eigenvalue weighted by Gasteiger charge is -2.15. The third-order valence-electron chi connectivity index (χ3n) is 14.5. The molecule has 0 unspecified atom stereocenters. The van der Waals surface area contributed by atoms with Crippen molar-refractivity contribution >= 4 is 71.1 Å². The highest BCUT2D eigenvalue weighted by Crippen LogP contribution is 2.41. The van der Waals surface area contributed by atoms with Gasteiger partial charge in [0.2, 0.25) is 0 Å². The lowest BCUT2D eigenvalue weighted by molar-refractivity contribution is 0.968. The molecule has 2 heteroatoms. The Bertz CT molecular complexity index is 4140. The van der Waals surface area contributed by atoms with Crippen LogP contribution in [0, 0.1) is 0 Å². The first-order valence-electron chi connectivity index (χ1n) is 23.8. The monoisotopic (exact) mass is 864 g/mol. The number of aromatic nitrogens is 2. The number of aryl methyl sites for hydroxylation is 1. The highest BCUT2D eigenvalue weighted by molar-refractivity contribution is 6.26. The van der Waals surface area contributed by atoms with Crippen molar-refractivity contribution < 1.29 is 0 Å². The van der Waals surface area contributed by atoms with Crippen molar-refractivity contribution in [3.8, 4) is 55.9 Å². The van der Waals surface area contributed by atoms with E-state index in [1.807, 2.05) is 0 Å². The maximum atomic E-state index is 2.44. The van der Waals surface area contributed by atoms with Crippen LogP contribution in [-0.2, 0) is 6.42 Å². The standard InChI is InChI=1S/C66H44N2/c1-2-24-54-53(23-1)61-41-49(45-17-11-15-43(37-45)47-19-13-21-51(39-47)67-63-29-7-3-25-57(63)58-26-4-8-30-64(58)67)33-35-55(61)56-36-34-50(42-62(54)56)46-18-12-16-44(38-46)48-20-14-22-52(40-48)68-65-31-9-5-27-59(65)60-28-6-10-32-66(60)68/h1-5,7-27,29-42H,6,28H2. The van der Waals surface area contributed by atoms with Crippen molar-refractivity contribution in [3.05, 3.63) is 248 Å². The Morgan fingerprint density at radius 2 is 0.647 bits per heavy atom. The molecule has 0 N–H and O–H groups in total. The van der Waals surface area contributed by atoms with Gasteiger partial charge in [0.25, 0.3) is 0 Å². The Labute approximate surface area is 394 Å². The molecule has 0 spiro atoms.